The summed E-state index contributed by atoms with van der Waals surface area (Å²) in [4.78, 5) is 25.5. The van der Waals surface area contributed by atoms with E-state index in [2.05, 4.69) is 19.2 Å². The molecule has 0 heterocycles. The maximum Gasteiger partial charge on any atom is 0.268 e. The molecule has 63 heavy (non-hydrogen) atoms. The van der Waals surface area contributed by atoms with Crippen molar-refractivity contribution in [2.24, 2.45) is 0 Å². The number of rotatable bonds is 51. The zero-order valence-electron chi connectivity index (χ0n) is 42.8. The van der Waals surface area contributed by atoms with Gasteiger partial charge in [0.1, 0.15) is 13.2 Å². The molecular weight excluding hydrogens is 804 g/mol. The summed E-state index contributed by atoms with van der Waals surface area (Å²) in [6, 6.07) is -0.881. The van der Waals surface area contributed by atoms with Crippen molar-refractivity contribution in [2.75, 3.05) is 40.9 Å². The first kappa shape index (κ1) is 62.2. The molecule has 9 heteroatoms. The lowest BCUT2D eigenvalue weighted by Gasteiger charge is -2.29. The number of quaternary nitrogens is 1. The van der Waals surface area contributed by atoms with E-state index < -0.39 is 20.0 Å². The van der Waals surface area contributed by atoms with Crippen LogP contribution in [-0.4, -0.2) is 68.5 Å². The summed E-state index contributed by atoms with van der Waals surface area (Å²) < 4.78 is 23.3. The number of amides is 1. The lowest BCUT2D eigenvalue weighted by atomic mass is 10.0. The molecule has 0 bridgehead atoms. The fourth-order valence-corrected chi connectivity index (χ4v) is 9.11. The van der Waals surface area contributed by atoms with Crippen LogP contribution < -0.4 is 10.2 Å². The Morgan fingerprint density at radius 3 is 1.19 bits per heavy atom. The van der Waals surface area contributed by atoms with Crippen molar-refractivity contribution < 1.29 is 32.9 Å². The number of hydrogen-bond acceptors (Lipinski definition) is 6. The van der Waals surface area contributed by atoms with E-state index in [4.69, 9.17) is 9.05 Å². The van der Waals surface area contributed by atoms with Crippen molar-refractivity contribution in [3.8, 4) is 0 Å². The minimum absolute atomic E-state index is 0.00262. The van der Waals surface area contributed by atoms with E-state index in [1.54, 1.807) is 6.08 Å². The van der Waals surface area contributed by atoms with Crippen LogP contribution >= 0.6 is 7.82 Å². The van der Waals surface area contributed by atoms with Gasteiger partial charge in [-0.2, -0.15) is 0 Å². The molecule has 8 nitrogen and oxygen atoms in total. The quantitative estimate of drug-likeness (QED) is 0.0272. The Labute approximate surface area is 392 Å². The summed E-state index contributed by atoms with van der Waals surface area (Å²) in [5.41, 5.74) is 0. The second-order valence-corrected chi connectivity index (χ2v) is 21.7. The average Bonchev–Trinajstić information content (AvgIpc) is 3.24. The smallest absolute Gasteiger partial charge is 0.268 e. The van der Waals surface area contributed by atoms with Crippen LogP contribution in [-0.2, 0) is 18.4 Å². The van der Waals surface area contributed by atoms with Gasteiger partial charge < -0.3 is 28.8 Å². The number of hydrogen-bond donors (Lipinski definition) is 2. The summed E-state index contributed by atoms with van der Waals surface area (Å²) in [5, 5.41) is 13.9. The van der Waals surface area contributed by atoms with Gasteiger partial charge in [-0.15, -0.1) is 0 Å². The highest BCUT2D eigenvalue weighted by Gasteiger charge is 2.23. The number of phosphoric acid groups is 1. The summed E-state index contributed by atoms with van der Waals surface area (Å²) in [7, 11) is 1.28. The molecule has 0 aliphatic carbocycles. The molecule has 0 saturated carbocycles. The molecule has 0 aliphatic heterocycles. The van der Waals surface area contributed by atoms with Crippen LogP contribution in [0.15, 0.2) is 12.2 Å². The van der Waals surface area contributed by atoms with Crippen LogP contribution in [0, 0.1) is 0 Å². The van der Waals surface area contributed by atoms with Crippen LogP contribution in [0.4, 0.5) is 0 Å². The monoisotopic (exact) mass is 913 g/mol. The third kappa shape index (κ3) is 49.0. The fraction of sp³-hybridized carbons (Fsp3) is 0.944. The van der Waals surface area contributed by atoms with Gasteiger partial charge in [-0.3, -0.25) is 9.36 Å². The molecule has 0 radical (unpaired) electrons. The van der Waals surface area contributed by atoms with Crippen molar-refractivity contribution in [1.29, 1.82) is 0 Å². The summed E-state index contributed by atoms with van der Waals surface area (Å²) in [5.74, 6) is -0.191. The van der Waals surface area contributed by atoms with E-state index in [1.165, 1.54) is 218 Å². The van der Waals surface area contributed by atoms with Crippen molar-refractivity contribution in [3.63, 3.8) is 0 Å². The number of likely N-dealkylation sites (N-methyl/N-ethyl adjacent to an activating group) is 1. The SMILES string of the molecule is CCCCCCCCCCCCCCCCCCCCC/C=C/C(O)C(COP(=O)([O-])OCC[N+](C)(C)C)NC(=O)CCCCCCCCCCCCCCCCCCCCCC. The van der Waals surface area contributed by atoms with Gasteiger partial charge in [-0.05, 0) is 19.3 Å². The normalized spacial score (nSPS) is 14.1. The van der Waals surface area contributed by atoms with Gasteiger partial charge in [0.05, 0.1) is 39.9 Å². The standard InChI is InChI=1S/C54H109N2O6P/c1-6-8-10-12-14-16-18-20-22-24-26-28-29-31-33-35-37-39-41-43-45-47-53(57)52(51-62-63(59,60)61-50-49-56(3,4)5)55-54(58)48-46-44-42-40-38-36-34-32-30-27-25-23-21-19-17-15-13-11-9-7-2/h45,47,52-53,57H,6-44,46,48-51H2,1-5H3,(H-,55,58,59,60)/b47-45+. The number of carbonyl (C=O) groups excluding carboxylic acids is 1. The Morgan fingerprint density at radius 1 is 0.540 bits per heavy atom. The first-order valence-electron chi connectivity index (χ1n) is 27.6. The average molecular weight is 913 g/mol. The van der Waals surface area contributed by atoms with Gasteiger partial charge in [-0.1, -0.05) is 264 Å². The highest BCUT2D eigenvalue weighted by molar-refractivity contribution is 7.45. The molecule has 3 atom stereocenters. The number of phosphoric ester groups is 1. The Morgan fingerprint density at radius 2 is 0.857 bits per heavy atom. The summed E-state index contributed by atoms with van der Waals surface area (Å²) >= 11 is 0. The summed E-state index contributed by atoms with van der Waals surface area (Å²) in [6.45, 7) is 4.70. The second kappa shape index (κ2) is 46.4. The number of nitrogens with one attached hydrogen (secondary N) is 1. The minimum Gasteiger partial charge on any atom is -0.756 e. The highest BCUT2D eigenvalue weighted by Crippen LogP contribution is 2.38. The zero-order chi connectivity index (χ0) is 46.4. The molecule has 0 aromatic carbocycles. The first-order valence-corrected chi connectivity index (χ1v) is 29.0. The molecule has 3 unspecified atom stereocenters. The molecular formula is C54H109N2O6P. The Kier molecular flexibility index (Phi) is 45.8. The molecule has 0 aliphatic rings. The number of carbonyl (C=O) groups is 1. The number of aliphatic hydroxyl groups excluding tert-OH is 1. The van der Waals surface area contributed by atoms with Crippen molar-refractivity contribution in [2.45, 2.75) is 289 Å². The first-order chi connectivity index (χ1) is 30.5. The minimum atomic E-state index is -4.59. The molecule has 0 saturated heterocycles. The van der Waals surface area contributed by atoms with Gasteiger partial charge in [0, 0.05) is 6.42 Å². The van der Waals surface area contributed by atoms with Gasteiger partial charge >= 0.3 is 0 Å². The van der Waals surface area contributed by atoms with E-state index >= 15 is 0 Å². The molecule has 2 N–H and O–H groups in total. The predicted octanol–water partition coefficient (Wildman–Crippen LogP) is 15.6. The maximum absolute atomic E-state index is 12.9. The highest BCUT2D eigenvalue weighted by atomic mass is 31.2. The zero-order valence-corrected chi connectivity index (χ0v) is 43.7. The lowest BCUT2D eigenvalue weighted by Crippen LogP contribution is -2.45. The number of aliphatic hydroxyl groups is 1. The van der Waals surface area contributed by atoms with Gasteiger partial charge in [-0.25, -0.2) is 0 Å². The Balaban J connectivity index is 4.23. The van der Waals surface area contributed by atoms with Crippen LogP contribution in [0.5, 0.6) is 0 Å². The third-order valence-electron chi connectivity index (χ3n) is 12.7. The van der Waals surface area contributed by atoms with Gasteiger partial charge in [0.25, 0.3) is 7.82 Å². The molecule has 0 fully saturated rings. The number of nitrogens with zero attached hydrogens (tertiary/aromatic N) is 1. The Bertz CT molecular complexity index is 1040. The van der Waals surface area contributed by atoms with Crippen LogP contribution in [0.1, 0.15) is 277 Å². The second-order valence-electron chi connectivity index (χ2n) is 20.3. The van der Waals surface area contributed by atoms with Crippen molar-refractivity contribution in [3.05, 3.63) is 12.2 Å². The number of unbranched alkanes of at least 4 members (excludes halogenated alkanes) is 38. The maximum atomic E-state index is 12.9. The Hall–Kier alpha value is -0.760. The van der Waals surface area contributed by atoms with Gasteiger partial charge in [0.2, 0.25) is 5.91 Å². The van der Waals surface area contributed by atoms with Crippen molar-refractivity contribution in [1.82, 2.24) is 5.32 Å². The molecule has 0 aromatic rings. The largest absolute Gasteiger partial charge is 0.756 e. The van der Waals surface area contributed by atoms with Crippen molar-refractivity contribution >= 4 is 13.7 Å². The third-order valence-corrected chi connectivity index (χ3v) is 13.7. The van der Waals surface area contributed by atoms with E-state index in [0.29, 0.717) is 17.4 Å². The fourth-order valence-electron chi connectivity index (χ4n) is 8.39. The summed E-state index contributed by atoms with van der Waals surface area (Å²) in [6.07, 6.45) is 55.6. The van der Waals surface area contributed by atoms with Gasteiger partial charge in [0.15, 0.2) is 0 Å². The van der Waals surface area contributed by atoms with Crippen LogP contribution in [0.25, 0.3) is 0 Å². The molecule has 0 rings (SSSR count). The van der Waals surface area contributed by atoms with E-state index in [-0.39, 0.29) is 19.1 Å². The van der Waals surface area contributed by atoms with Crippen LogP contribution in [0.3, 0.4) is 0 Å². The molecule has 0 aromatic heterocycles. The van der Waals surface area contributed by atoms with E-state index in [9.17, 15) is 19.4 Å². The lowest BCUT2D eigenvalue weighted by molar-refractivity contribution is -0.870. The van der Waals surface area contributed by atoms with E-state index in [0.717, 1.165) is 38.5 Å². The molecule has 376 valence electrons. The number of allylic oxidation sites excluding steroid dienone is 1. The van der Waals surface area contributed by atoms with E-state index in [1.807, 2.05) is 27.2 Å². The predicted molar refractivity (Wildman–Crippen MR) is 270 cm³/mol. The topological polar surface area (TPSA) is 108 Å². The van der Waals surface area contributed by atoms with Crippen LogP contribution in [0.2, 0.25) is 0 Å². The molecule has 0 spiro atoms. The molecule has 1 amide bonds.